The SMILES string of the molecule is Cc1c(C(=O)NNc2nc(-c3ccncc3)no2)sc2nc(C(F)(F)F)ccc12. The number of halogens is 3. The van der Waals surface area contributed by atoms with Crippen molar-refractivity contribution in [2.75, 3.05) is 5.43 Å². The summed E-state index contributed by atoms with van der Waals surface area (Å²) in [6, 6.07) is 5.52. The number of rotatable bonds is 4. The van der Waals surface area contributed by atoms with E-state index in [0.717, 1.165) is 17.4 Å². The highest BCUT2D eigenvalue weighted by molar-refractivity contribution is 7.20. The molecule has 4 rings (SSSR count). The van der Waals surface area contributed by atoms with Crippen molar-refractivity contribution in [2.24, 2.45) is 0 Å². The summed E-state index contributed by atoms with van der Waals surface area (Å²) >= 11 is 0.863. The van der Waals surface area contributed by atoms with Crippen molar-refractivity contribution in [1.82, 2.24) is 25.5 Å². The predicted molar refractivity (Wildman–Crippen MR) is 98.0 cm³/mol. The molecule has 4 heterocycles. The number of aryl methyl sites for hydroxylation is 1. The number of amides is 1. The van der Waals surface area contributed by atoms with E-state index in [1.807, 2.05) is 0 Å². The molecule has 0 aliphatic rings. The van der Waals surface area contributed by atoms with Crippen LogP contribution in [0.2, 0.25) is 0 Å². The molecule has 12 heteroatoms. The molecular weight excluding hydrogens is 409 g/mol. The lowest BCUT2D eigenvalue weighted by molar-refractivity contribution is -0.140. The predicted octanol–water partition coefficient (Wildman–Crippen LogP) is 3.83. The molecule has 4 aromatic rings. The minimum Gasteiger partial charge on any atom is -0.313 e. The number of fused-ring (bicyclic) bond motifs is 1. The fraction of sp³-hybridized carbons (Fsp3) is 0.118. The van der Waals surface area contributed by atoms with E-state index in [2.05, 4.69) is 31.0 Å². The molecule has 0 radical (unpaired) electrons. The second-order valence-electron chi connectivity index (χ2n) is 5.84. The van der Waals surface area contributed by atoms with Gasteiger partial charge in [-0.1, -0.05) is 5.16 Å². The second kappa shape index (κ2) is 7.13. The van der Waals surface area contributed by atoms with Gasteiger partial charge in [0.2, 0.25) is 5.82 Å². The summed E-state index contributed by atoms with van der Waals surface area (Å²) < 4.78 is 43.5. The first kappa shape index (κ1) is 18.8. The molecule has 1 amide bonds. The first-order valence-corrected chi connectivity index (χ1v) is 8.92. The van der Waals surface area contributed by atoms with Crippen LogP contribution < -0.4 is 10.9 Å². The number of aromatic nitrogens is 4. The molecule has 0 saturated heterocycles. The van der Waals surface area contributed by atoms with E-state index in [-0.39, 0.29) is 15.7 Å². The Bertz CT molecular complexity index is 1190. The van der Waals surface area contributed by atoms with Crippen LogP contribution in [0.3, 0.4) is 0 Å². The Kier molecular flexibility index (Phi) is 4.62. The molecule has 29 heavy (non-hydrogen) atoms. The number of hydrogen-bond donors (Lipinski definition) is 2. The molecule has 0 bridgehead atoms. The third-order valence-electron chi connectivity index (χ3n) is 3.95. The maximum absolute atomic E-state index is 12.8. The average molecular weight is 420 g/mol. The van der Waals surface area contributed by atoms with E-state index in [1.165, 1.54) is 6.07 Å². The van der Waals surface area contributed by atoms with Crippen molar-refractivity contribution in [3.05, 3.63) is 52.8 Å². The third-order valence-corrected chi connectivity index (χ3v) is 5.15. The smallest absolute Gasteiger partial charge is 0.313 e. The monoisotopic (exact) mass is 420 g/mol. The van der Waals surface area contributed by atoms with E-state index in [4.69, 9.17) is 4.52 Å². The highest BCUT2D eigenvalue weighted by atomic mass is 32.1. The van der Waals surface area contributed by atoms with Gasteiger partial charge in [0.05, 0.1) is 4.88 Å². The highest BCUT2D eigenvalue weighted by Crippen LogP contribution is 2.34. The van der Waals surface area contributed by atoms with Crippen LogP contribution in [0.1, 0.15) is 20.9 Å². The Labute approximate surface area is 164 Å². The van der Waals surface area contributed by atoms with Gasteiger partial charge < -0.3 is 4.52 Å². The van der Waals surface area contributed by atoms with Gasteiger partial charge in [0, 0.05) is 23.3 Å². The van der Waals surface area contributed by atoms with Crippen LogP contribution >= 0.6 is 11.3 Å². The summed E-state index contributed by atoms with van der Waals surface area (Å²) in [5.41, 5.74) is 5.07. The van der Waals surface area contributed by atoms with E-state index in [9.17, 15) is 18.0 Å². The highest BCUT2D eigenvalue weighted by Gasteiger charge is 2.33. The van der Waals surface area contributed by atoms with Gasteiger partial charge in [-0.25, -0.2) is 10.4 Å². The molecule has 0 aromatic carbocycles. The average Bonchev–Trinajstić information content (AvgIpc) is 3.31. The van der Waals surface area contributed by atoms with E-state index < -0.39 is 17.8 Å². The normalized spacial score (nSPS) is 11.6. The van der Waals surface area contributed by atoms with Gasteiger partial charge in [0.1, 0.15) is 10.5 Å². The maximum atomic E-state index is 12.8. The fourth-order valence-corrected chi connectivity index (χ4v) is 3.61. The van der Waals surface area contributed by atoms with Gasteiger partial charge in [-0.3, -0.25) is 15.2 Å². The van der Waals surface area contributed by atoms with Gasteiger partial charge >= 0.3 is 12.2 Å². The van der Waals surface area contributed by atoms with E-state index >= 15 is 0 Å². The second-order valence-corrected chi connectivity index (χ2v) is 6.84. The minimum atomic E-state index is -4.56. The van der Waals surface area contributed by atoms with Crippen LogP contribution in [0.5, 0.6) is 0 Å². The van der Waals surface area contributed by atoms with Gasteiger partial charge in [0.15, 0.2) is 0 Å². The molecule has 0 spiro atoms. The number of hydrogen-bond acceptors (Lipinski definition) is 8. The quantitative estimate of drug-likeness (QED) is 0.484. The van der Waals surface area contributed by atoms with Crippen molar-refractivity contribution >= 4 is 33.5 Å². The molecule has 148 valence electrons. The number of pyridine rings is 2. The molecule has 0 saturated carbocycles. The van der Waals surface area contributed by atoms with Crippen LogP contribution in [0.25, 0.3) is 21.6 Å². The number of anilines is 1. The lowest BCUT2D eigenvalue weighted by atomic mass is 10.2. The van der Waals surface area contributed by atoms with Gasteiger partial charge in [-0.05, 0) is 36.8 Å². The number of carbonyl (C=O) groups excluding carboxylic acids is 1. The zero-order valence-electron chi connectivity index (χ0n) is 14.6. The van der Waals surface area contributed by atoms with Crippen molar-refractivity contribution in [2.45, 2.75) is 13.1 Å². The zero-order valence-corrected chi connectivity index (χ0v) is 15.4. The number of nitrogens with zero attached hydrogens (tertiary/aromatic N) is 4. The Morgan fingerprint density at radius 2 is 1.90 bits per heavy atom. The zero-order chi connectivity index (χ0) is 20.6. The van der Waals surface area contributed by atoms with Crippen LogP contribution in [0, 0.1) is 6.92 Å². The molecule has 0 aliphatic carbocycles. The summed E-state index contributed by atoms with van der Waals surface area (Å²) in [7, 11) is 0. The van der Waals surface area contributed by atoms with Gasteiger partial charge in [-0.15, -0.1) is 11.3 Å². The van der Waals surface area contributed by atoms with Crippen molar-refractivity contribution in [3.8, 4) is 11.4 Å². The van der Waals surface area contributed by atoms with E-state index in [1.54, 1.807) is 31.5 Å². The number of thiophene rings is 1. The van der Waals surface area contributed by atoms with Crippen molar-refractivity contribution in [1.29, 1.82) is 0 Å². The summed E-state index contributed by atoms with van der Waals surface area (Å²) in [5.74, 6) is -0.270. The van der Waals surface area contributed by atoms with Gasteiger partial charge in [0.25, 0.3) is 5.91 Å². The lowest BCUT2D eigenvalue weighted by Gasteiger charge is -2.04. The summed E-state index contributed by atoms with van der Waals surface area (Å²) in [4.78, 5) is 24.4. The van der Waals surface area contributed by atoms with Crippen molar-refractivity contribution in [3.63, 3.8) is 0 Å². The molecule has 0 aliphatic heterocycles. The van der Waals surface area contributed by atoms with Gasteiger partial charge in [-0.2, -0.15) is 18.2 Å². The Morgan fingerprint density at radius 3 is 2.62 bits per heavy atom. The molecule has 2 N–H and O–H groups in total. The first-order chi connectivity index (χ1) is 13.8. The maximum Gasteiger partial charge on any atom is 0.433 e. The molecule has 0 fully saturated rings. The largest absolute Gasteiger partial charge is 0.433 e. The summed E-state index contributed by atoms with van der Waals surface area (Å²) in [5, 5.41) is 4.26. The topological polar surface area (TPSA) is 106 Å². The standard InChI is InChI=1S/C17H11F3N6O2S/c1-8-10-2-3-11(17(18,19)20)22-15(10)29-12(8)14(27)24-25-16-23-13(26-28-16)9-4-6-21-7-5-9/h2-7H,1H3,(H,24,27)(H,23,25,26). The molecular formula is C17H11F3N6O2S. The van der Waals surface area contributed by atoms with Crippen LogP contribution in [0.4, 0.5) is 19.2 Å². The third kappa shape index (κ3) is 3.74. The number of hydrazine groups is 1. The Hall–Kier alpha value is -3.54. The summed E-state index contributed by atoms with van der Waals surface area (Å²) in [6.07, 6.45) is -1.41. The number of carbonyl (C=O) groups is 1. The van der Waals surface area contributed by atoms with Crippen molar-refractivity contribution < 1.29 is 22.5 Å². The summed E-state index contributed by atoms with van der Waals surface area (Å²) in [6.45, 7) is 1.64. The number of nitrogens with one attached hydrogen (secondary N) is 2. The minimum absolute atomic E-state index is 0.0543. The molecule has 8 nitrogen and oxygen atoms in total. The fourth-order valence-electron chi connectivity index (χ4n) is 2.53. The molecule has 0 unspecified atom stereocenters. The lowest BCUT2D eigenvalue weighted by Crippen LogP contribution is -2.29. The Morgan fingerprint density at radius 1 is 1.14 bits per heavy atom. The molecule has 0 atom stereocenters. The molecule has 4 aromatic heterocycles. The first-order valence-electron chi connectivity index (χ1n) is 8.11. The van der Waals surface area contributed by atoms with Crippen LogP contribution in [-0.2, 0) is 6.18 Å². The van der Waals surface area contributed by atoms with Crippen LogP contribution in [0.15, 0.2) is 41.2 Å². The Balaban J connectivity index is 1.51. The number of alkyl halides is 3. The van der Waals surface area contributed by atoms with E-state index in [0.29, 0.717) is 22.3 Å². The van der Waals surface area contributed by atoms with Crippen LogP contribution in [-0.4, -0.2) is 26.0 Å².